The summed E-state index contributed by atoms with van der Waals surface area (Å²) in [7, 11) is 0. The van der Waals surface area contributed by atoms with E-state index in [2.05, 4.69) is 0 Å². The van der Waals surface area contributed by atoms with Crippen LogP contribution in [-0.4, -0.2) is 56.0 Å². The summed E-state index contributed by atoms with van der Waals surface area (Å²) in [5.74, 6) is 0. The van der Waals surface area contributed by atoms with Gasteiger partial charge in [0.05, 0.1) is 30.1 Å². The number of aliphatic hydroxyl groups excluding tert-OH is 4. The molecule has 0 aromatic heterocycles. The SMILES string of the molecule is NC1[C@H](O)SC(CO)[C@@H](O)[C@@H]1O. The van der Waals surface area contributed by atoms with Crippen molar-refractivity contribution in [2.75, 3.05) is 6.61 Å². The number of rotatable bonds is 1. The first-order chi connectivity index (χ1) is 5.57. The number of hydrogen-bond acceptors (Lipinski definition) is 6. The monoisotopic (exact) mass is 195 g/mol. The van der Waals surface area contributed by atoms with Crippen LogP contribution in [0.2, 0.25) is 0 Å². The summed E-state index contributed by atoms with van der Waals surface area (Å²) in [6.07, 6.45) is -2.24. The number of hydrogen-bond donors (Lipinski definition) is 5. The van der Waals surface area contributed by atoms with Crippen LogP contribution in [0.1, 0.15) is 0 Å². The van der Waals surface area contributed by atoms with E-state index in [0.717, 1.165) is 11.8 Å². The van der Waals surface area contributed by atoms with Gasteiger partial charge >= 0.3 is 0 Å². The highest BCUT2D eigenvalue weighted by molar-refractivity contribution is 8.00. The van der Waals surface area contributed by atoms with Crippen LogP contribution < -0.4 is 5.73 Å². The van der Waals surface area contributed by atoms with Gasteiger partial charge in [-0.2, -0.15) is 0 Å². The van der Waals surface area contributed by atoms with Crippen LogP contribution >= 0.6 is 11.8 Å². The van der Waals surface area contributed by atoms with Crippen molar-refractivity contribution < 1.29 is 20.4 Å². The third-order valence-electron chi connectivity index (χ3n) is 1.95. The van der Waals surface area contributed by atoms with E-state index in [9.17, 15) is 15.3 Å². The van der Waals surface area contributed by atoms with E-state index in [1.807, 2.05) is 0 Å². The zero-order chi connectivity index (χ0) is 9.30. The zero-order valence-corrected chi connectivity index (χ0v) is 7.18. The minimum atomic E-state index is -1.17. The Morgan fingerprint density at radius 3 is 2.25 bits per heavy atom. The molecule has 5 atom stereocenters. The van der Waals surface area contributed by atoms with Gasteiger partial charge in [-0.15, -0.1) is 11.8 Å². The molecule has 6 N–H and O–H groups in total. The Labute approximate surface area is 74.2 Å². The van der Waals surface area contributed by atoms with Gasteiger partial charge in [0.2, 0.25) is 0 Å². The molecule has 1 heterocycles. The van der Waals surface area contributed by atoms with Crippen molar-refractivity contribution in [3.63, 3.8) is 0 Å². The molecule has 0 aromatic carbocycles. The number of thioether (sulfide) groups is 1. The Balaban J connectivity index is 2.63. The fraction of sp³-hybridized carbons (Fsp3) is 1.00. The summed E-state index contributed by atoms with van der Waals surface area (Å²) >= 11 is 0.977. The van der Waals surface area contributed by atoms with E-state index in [1.54, 1.807) is 0 Å². The zero-order valence-electron chi connectivity index (χ0n) is 6.37. The quantitative estimate of drug-likeness (QED) is 0.316. The standard InChI is InChI=1S/C6H13NO4S/c7-3-5(10)4(9)2(1-8)12-6(3)11/h2-6,8-11H,1,7H2/t2?,3?,4-,5-,6-/m1/s1. The predicted octanol–water partition coefficient (Wildman–Crippen LogP) is -2.54. The lowest BCUT2D eigenvalue weighted by atomic mass is 10.0. The maximum absolute atomic E-state index is 9.30. The molecule has 0 bridgehead atoms. The Morgan fingerprint density at radius 2 is 1.75 bits per heavy atom. The third-order valence-corrected chi connectivity index (χ3v) is 3.32. The molecule has 0 amide bonds. The number of aliphatic hydroxyl groups is 4. The van der Waals surface area contributed by atoms with Gasteiger partial charge in [-0.1, -0.05) is 0 Å². The minimum absolute atomic E-state index is 0.285. The minimum Gasteiger partial charge on any atom is -0.395 e. The fourth-order valence-electron chi connectivity index (χ4n) is 1.12. The van der Waals surface area contributed by atoms with Crippen molar-refractivity contribution in [2.24, 2.45) is 5.73 Å². The van der Waals surface area contributed by atoms with Crippen molar-refractivity contribution in [3.8, 4) is 0 Å². The number of nitrogens with two attached hydrogens (primary N) is 1. The summed E-state index contributed by atoms with van der Waals surface area (Å²) in [5.41, 5.74) is 4.44. The Morgan fingerprint density at radius 1 is 1.17 bits per heavy atom. The fourth-order valence-corrected chi connectivity index (χ4v) is 2.23. The van der Waals surface area contributed by atoms with Crippen LogP contribution in [0, 0.1) is 0 Å². The van der Waals surface area contributed by atoms with Gasteiger partial charge in [0.25, 0.3) is 0 Å². The molecule has 1 rings (SSSR count). The van der Waals surface area contributed by atoms with E-state index in [1.165, 1.54) is 0 Å². The first-order valence-corrected chi connectivity index (χ1v) is 4.58. The summed E-state index contributed by atoms with van der Waals surface area (Å²) in [6, 6.07) is -0.854. The van der Waals surface area contributed by atoms with E-state index >= 15 is 0 Å². The molecule has 6 heteroatoms. The van der Waals surface area contributed by atoms with Gasteiger partial charge in [-0.25, -0.2) is 0 Å². The van der Waals surface area contributed by atoms with Crippen molar-refractivity contribution in [1.82, 2.24) is 0 Å². The maximum atomic E-state index is 9.30. The lowest BCUT2D eigenvalue weighted by molar-refractivity contribution is -0.0279. The predicted molar refractivity (Wildman–Crippen MR) is 44.5 cm³/mol. The van der Waals surface area contributed by atoms with Crippen molar-refractivity contribution in [3.05, 3.63) is 0 Å². The van der Waals surface area contributed by atoms with Gasteiger partial charge in [0.15, 0.2) is 0 Å². The van der Waals surface area contributed by atoms with E-state index in [0.29, 0.717) is 0 Å². The van der Waals surface area contributed by atoms with E-state index in [4.69, 9.17) is 10.8 Å². The lowest BCUT2D eigenvalue weighted by Gasteiger charge is -2.37. The molecule has 1 aliphatic heterocycles. The highest BCUT2D eigenvalue weighted by Gasteiger charge is 2.41. The third kappa shape index (κ3) is 1.73. The van der Waals surface area contributed by atoms with Gasteiger partial charge in [-0.3, -0.25) is 0 Å². The topological polar surface area (TPSA) is 107 Å². The highest BCUT2D eigenvalue weighted by atomic mass is 32.2. The molecule has 12 heavy (non-hydrogen) atoms. The second kappa shape index (κ2) is 3.91. The van der Waals surface area contributed by atoms with Crippen LogP contribution in [0.15, 0.2) is 0 Å². The average Bonchev–Trinajstić information content (AvgIpc) is 2.08. The van der Waals surface area contributed by atoms with E-state index in [-0.39, 0.29) is 6.61 Å². The Hall–Kier alpha value is 0.150. The van der Waals surface area contributed by atoms with Crippen LogP contribution in [0.5, 0.6) is 0 Å². The van der Waals surface area contributed by atoms with Crippen molar-refractivity contribution in [1.29, 1.82) is 0 Å². The van der Waals surface area contributed by atoms with Crippen LogP contribution in [-0.2, 0) is 0 Å². The summed E-state index contributed by atoms with van der Waals surface area (Å²) in [6.45, 7) is -0.285. The molecular formula is C6H13NO4S. The molecule has 0 saturated carbocycles. The van der Waals surface area contributed by atoms with Crippen molar-refractivity contribution in [2.45, 2.75) is 28.9 Å². The molecule has 1 aliphatic rings. The molecule has 0 aromatic rings. The molecule has 72 valence electrons. The molecule has 1 fully saturated rings. The summed E-state index contributed by atoms with van der Waals surface area (Å²) in [5, 5.41) is 36.0. The van der Waals surface area contributed by atoms with Crippen molar-refractivity contribution >= 4 is 11.8 Å². The second-order valence-corrected chi connectivity index (χ2v) is 4.17. The van der Waals surface area contributed by atoms with Gasteiger partial charge < -0.3 is 26.2 Å². The maximum Gasteiger partial charge on any atom is 0.117 e. The van der Waals surface area contributed by atoms with Gasteiger partial charge in [0, 0.05) is 0 Å². The summed E-state index contributed by atoms with van der Waals surface area (Å²) < 4.78 is 0. The first-order valence-electron chi connectivity index (χ1n) is 3.64. The largest absolute Gasteiger partial charge is 0.395 e. The highest BCUT2D eigenvalue weighted by Crippen LogP contribution is 2.29. The molecule has 5 nitrogen and oxygen atoms in total. The molecule has 2 unspecified atom stereocenters. The first kappa shape index (κ1) is 10.2. The average molecular weight is 195 g/mol. The van der Waals surface area contributed by atoms with Crippen LogP contribution in [0.4, 0.5) is 0 Å². The lowest BCUT2D eigenvalue weighted by Crippen LogP contribution is -2.57. The molecule has 0 aliphatic carbocycles. The van der Waals surface area contributed by atoms with Crippen LogP contribution in [0.3, 0.4) is 0 Å². The van der Waals surface area contributed by atoms with Gasteiger partial charge in [-0.05, 0) is 0 Å². The Kier molecular flexibility index (Phi) is 3.33. The molecule has 0 radical (unpaired) electrons. The molecule has 0 spiro atoms. The smallest absolute Gasteiger partial charge is 0.117 e. The van der Waals surface area contributed by atoms with E-state index < -0.39 is 28.9 Å². The normalized spacial score (nSPS) is 49.2. The Bertz CT molecular complexity index is 154. The second-order valence-electron chi connectivity index (χ2n) is 2.81. The van der Waals surface area contributed by atoms with Gasteiger partial charge in [0.1, 0.15) is 5.44 Å². The molecular weight excluding hydrogens is 182 g/mol. The molecule has 1 saturated heterocycles. The van der Waals surface area contributed by atoms with Crippen LogP contribution in [0.25, 0.3) is 0 Å². The summed E-state index contributed by atoms with van der Waals surface area (Å²) in [4.78, 5) is 0.